The largest absolute Gasteiger partial charge is 0.395 e. The van der Waals surface area contributed by atoms with E-state index in [-0.39, 0.29) is 18.3 Å². The van der Waals surface area contributed by atoms with E-state index < -0.39 is 4.92 Å². The van der Waals surface area contributed by atoms with Crippen LogP contribution >= 0.6 is 11.6 Å². The van der Waals surface area contributed by atoms with Crippen molar-refractivity contribution in [3.8, 4) is 0 Å². The van der Waals surface area contributed by atoms with E-state index in [1.165, 1.54) is 6.07 Å². The van der Waals surface area contributed by atoms with Gasteiger partial charge in [0.05, 0.1) is 11.5 Å². The Balaban J connectivity index is 2.98. The van der Waals surface area contributed by atoms with Crippen molar-refractivity contribution in [2.45, 2.75) is 26.4 Å². The highest BCUT2D eigenvalue weighted by atomic mass is 35.5. The Morgan fingerprint density at radius 3 is 2.67 bits per heavy atom. The van der Waals surface area contributed by atoms with Gasteiger partial charge < -0.3 is 5.11 Å². The molecule has 0 fully saturated rings. The van der Waals surface area contributed by atoms with Gasteiger partial charge in [-0.3, -0.25) is 15.0 Å². The minimum Gasteiger partial charge on any atom is -0.395 e. The Labute approximate surface area is 111 Å². The van der Waals surface area contributed by atoms with Crippen LogP contribution in [0.25, 0.3) is 0 Å². The van der Waals surface area contributed by atoms with Gasteiger partial charge in [0, 0.05) is 35.8 Å². The topological polar surface area (TPSA) is 66.6 Å². The Bertz CT molecular complexity index is 424. The molecule has 1 rings (SSSR count). The van der Waals surface area contributed by atoms with Crippen molar-refractivity contribution in [2.24, 2.45) is 0 Å². The zero-order chi connectivity index (χ0) is 13.7. The summed E-state index contributed by atoms with van der Waals surface area (Å²) in [6.07, 6.45) is 0. The molecule has 0 bridgehead atoms. The van der Waals surface area contributed by atoms with Gasteiger partial charge >= 0.3 is 0 Å². The maximum atomic E-state index is 11.0. The molecule has 0 radical (unpaired) electrons. The molecule has 0 unspecified atom stereocenters. The monoisotopic (exact) mass is 272 g/mol. The molecule has 1 aromatic rings. The van der Waals surface area contributed by atoms with Crippen molar-refractivity contribution < 1.29 is 10.0 Å². The molecule has 100 valence electrons. The maximum absolute atomic E-state index is 11.0. The fourth-order valence-electron chi connectivity index (χ4n) is 1.71. The molecule has 0 atom stereocenters. The van der Waals surface area contributed by atoms with Crippen molar-refractivity contribution in [3.63, 3.8) is 0 Å². The molecule has 1 N–H and O–H groups in total. The number of benzene rings is 1. The number of halogens is 1. The lowest BCUT2D eigenvalue weighted by Crippen LogP contribution is -2.33. The number of nitro groups is 1. The number of aliphatic hydroxyl groups is 1. The average Bonchev–Trinajstić information content (AvgIpc) is 2.30. The number of hydrogen-bond acceptors (Lipinski definition) is 4. The summed E-state index contributed by atoms with van der Waals surface area (Å²) in [7, 11) is 0. The predicted octanol–water partition coefficient (Wildman–Crippen LogP) is 2.45. The molecule has 0 aliphatic carbocycles. The highest BCUT2D eigenvalue weighted by Crippen LogP contribution is 2.24. The van der Waals surface area contributed by atoms with Gasteiger partial charge in [0.2, 0.25) is 0 Å². The smallest absolute Gasteiger partial charge is 0.275 e. The summed E-state index contributed by atoms with van der Waals surface area (Å²) < 4.78 is 0. The van der Waals surface area contributed by atoms with E-state index in [9.17, 15) is 10.1 Å². The van der Waals surface area contributed by atoms with Gasteiger partial charge in [-0.1, -0.05) is 11.6 Å². The normalized spacial score (nSPS) is 11.2. The molecule has 0 amide bonds. The SMILES string of the molecule is CC(C)N(CCO)Cc1ccc(Cl)cc1[N+](=O)[O-]. The molecular weight excluding hydrogens is 256 g/mol. The first kappa shape index (κ1) is 14.9. The predicted molar refractivity (Wildman–Crippen MR) is 70.7 cm³/mol. The molecule has 6 heteroatoms. The third-order valence-electron chi connectivity index (χ3n) is 2.73. The molecule has 0 spiro atoms. The van der Waals surface area contributed by atoms with Crippen molar-refractivity contribution in [3.05, 3.63) is 38.9 Å². The van der Waals surface area contributed by atoms with Crippen LogP contribution in [-0.4, -0.2) is 34.1 Å². The van der Waals surface area contributed by atoms with Gasteiger partial charge in [-0.15, -0.1) is 0 Å². The van der Waals surface area contributed by atoms with Crippen LogP contribution in [0.15, 0.2) is 18.2 Å². The Kier molecular flexibility index (Phi) is 5.53. The molecule has 18 heavy (non-hydrogen) atoms. The molecule has 0 heterocycles. The molecular formula is C12H17ClN2O3. The summed E-state index contributed by atoms with van der Waals surface area (Å²) in [5, 5.41) is 20.3. The lowest BCUT2D eigenvalue weighted by atomic mass is 10.1. The van der Waals surface area contributed by atoms with Gasteiger partial charge in [-0.2, -0.15) is 0 Å². The molecule has 1 aromatic carbocycles. The van der Waals surface area contributed by atoms with Crippen molar-refractivity contribution >= 4 is 17.3 Å². The zero-order valence-corrected chi connectivity index (χ0v) is 11.2. The van der Waals surface area contributed by atoms with E-state index in [1.54, 1.807) is 12.1 Å². The van der Waals surface area contributed by atoms with Gasteiger partial charge in [0.25, 0.3) is 5.69 Å². The van der Waals surface area contributed by atoms with E-state index in [4.69, 9.17) is 16.7 Å². The standard InChI is InChI=1S/C12H17ClN2O3/c1-9(2)14(5-6-16)8-10-3-4-11(13)7-12(10)15(17)18/h3-4,7,9,16H,5-6,8H2,1-2H3. The van der Waals surface area contributed by atoms with Crippen LogP contribution in [0, 0.1) is 10.1 Å². The number of aliphatic hydroxyl groups excluding tert-OH is 1. The first-order valence-corrected chi connectivity index (χ1v) is 6.11. The fraction of sp³-hybridized carbons (Fsp3) is 0.500. The summed E-state index contributed by atoms with van der Waals surface area (Å²) in [6, 6.07) is 4.86. The van der Waals surface area contributed by atoms with Crippen LogP contribution in [0.2, 0.25) is 5.02 Å². The summed E-state index contributed by atoms with van der Waals surface area (Å²) in [6.45, 7) is 4.90. The lowest BCUT2D eigenvalue weighted by molar-refractivity contribution is -0.385. The summed E-state index contributed by atoms with van der Waals surface area (Å²) in [4.78, 5) is 12.5. The van der Waals surface area contributed by atoms with E-state index in [2.05, 4.69) is 0 Å². The van der Waals surface area contributed by atoms with Gasteiger partial charge in [-0.25, -0.2) is 0 Å². The third-order valence-corrected chi connectivity index (χ3v) is 2.97. The van der Waals surface area contributed by atoms with Crippen LogP contribution in [0.4, 0.5) is 5.69 Å². The Morgan fingerprint density at radius 1 is 1.50 bits per heavy atom. The third kappa shape index (κ3) is 3.94. The van der Waals surface area contributed by atoms with Crippen molar-refractivity contribution in [1.29, 1.82) is 0 Å². The number of nitro benzene ring substituents is 1. The van der Waals surface area contributed by atoms with E-state index in [0.29, 0.717) is 23.7 Å². The second-order valence-corrected chi connectivity index (χ2v) is 4.75. The second kappa shape index (κ2) is 6.68. The summed E-state index contributed by atoms with van der Waals surface area (Å²) in [5.74, 6) is 0. The summed E-state index contributed by atoms with van der Waals surface area (Å²) >= 11 is 5.76. The van der Waals surface area contributed by atoms with Gasteiger partial charge in [-0.05, 0) is 26.0 Å². The van der Waals surface area contributed by atoms with Gasteiger partial charge in [0.1, 0.15) is 0 Å². The molecule has 5 nitrogen and oxygen atoms in total. The van der Waals surface area contributed by atoms with Crippen LogP contribution in [0.1, 0.15) is 19.4 Å². The summed E-state index contributed by atoms with van der Waals surface area (Å²) in [5.41, 5.74) is 0.623. The first-order chi connectivity index (χ1) is 8.45. The first-order valence-electron chi connectivity index (χ1n) is 5.73. The molecule has 0 saturated carbocycles. The number of rotatable bonds is 6. The van der Waals surface area contributed by atoms with Crippen LogP contribution < -0.4 is 0 Å². The maximum Gasteiger partial charge on any atom is 0.275 e. The minimum atomic E-state index is -0.432. The Hall–Kier alpha value is -1.17. The molecule has 0 aromatic heterocycles. The van der Waals surface area contributed by atoms with Crippen molar-refractivity contribution in [2.75, 3.05) is 13.2 Å². The van der Waals surface area contributed by atoms with Crippen LogP contribution in [-0.2, 0) is 6.54 Å². The van der Waals surface area contributed by atoms with E-state index >= 15 is 0 Å². The fourth-order valence-corrected chi connectivity index (χ4v) is 1.87. The second-order valence-electron chi connectivity index (χ2n) is 4.32. The number of hydrogen-bond donors (Lipinski definition) is 1. The van der Waals surface area contributed by atoms with Gasteiger partial charge in [0.15, 0.2) is 0 Å². The zero-order valence-electron chi connectivity index (χ0n) is 10.5. The average molecular weight is 273 g/mol. The highest BCUT2D eigenvalue weighted by Gasteiger charge is 2.18. The van der Waals surface area contributed by atoms with E-state index in [0.717, 1.165) is 0 Å². The molecule has 0 aliphatic heterocycles. The van der Waals surface area contributed by atoms with Crippen LogP contribution in [0.3, 0.4) is 0 Å². The Morgan fingerprint density at radius 2 is 2.17 bits per heavy atom. The molecule has 0 aliphatic rings. The van der Waals surface area contributed by atoms with Crippen LogP contribution in [0.5, 0.6) is 0 Å². The highest BCUT2D eigenvalue weighted by molar-refractivity contribution is 6.30. The minimum absolute atomic E-state index is 0.0195. The molecule has 0 saturated heterocycles. The lowest BCUT2D eigenvalue weighted by Gasteiger charge is -2.25. The van der Waals surface area contributed by atoms with Crippen molar-refractivity contribution in [1.82, 2.24) is 4.90 Å². The number of nitrogens with zero attached hydrogens (tertiary/aromatic N) is 2. The van der Waals surface area contributed by atoms with E-state index in [1.807, 2.05) is 18.7 Å². The quantitative estimate of drug-likeness (QED) is 0.638.